The first kappa shape index (κ1) is 22.0. The molecule has 2 aromatic rings. The van der Waals surface area contributed by atoms with Crippen molar-refractivity contribution in [2.75, 3.05) is 12.0 Å². The number of amidine groups is 1. The number of hydrogen-bond acceptors (Lipinski definition) is 8. The molecule has 1 atom stereocenters. The summed E-state index contributed by atoms with van der Waals surface area (Å²) in [7, 11) is 1.58. The third-order valence-electron chi connectivity index (χ3n) is 4.47. The van der Waals surface area contributed by atoms with Crippen LogP contribution in [0.4, 0.5) is 11.4 Å². The van der Waals surface area contributed by atoms with Crippen LogP contribution >= 0.6 is 11.8 Å². The van der Waals surface area contributed by atoms with E-state index >= 15 is 0 Å². The molecule has 2 N–H and O–H groups in total. The van der Waals surface area contributed by atoms with Gasteiger partial charge in [0.05, 0.1) is 23.4 Å². The summed E-state index contributed by atoms with van der Waals surface area (Å²) in [4.78, 5) is 36.4. The van der Waals surface area contributed by atoms with Gasteiger partial charge < -0.3 is 10.5 Å². The first-order valence-corrected chi connectivity index (χ1v) is 9.98. The van der Waals surface area contributed by atoms with Crippen LogP contribution in [-0.4, -0.2) is 40.0 Å². The zero-order valence-electron chi connectivity index (χ0n) is 16.7. The number of non-ortho nitro benzene ring substituents is 1. The van der Waals surface area contributed by atoms with Crippen molar-refractivity contribution in [3.8, 4) is 5.75 Å². The average Bonchev–Trinajstić information content (AvgIpc) is 3.04. The van der Waals surface area contributed by atoms with E-state index in [-0.39, 0.29) is 23.0 Å². The molecule has 2 amide bonds. The Morgan fingerprint density at radius 1 is 1.23 bits per heavy atom. The predicted molar refractivity (Wildman–Crippen MR) is 118 cm³/mol. The van der Waals surface area contributed by atoms with Gasteiger partial charge in [-0.1, -0.05) is 17.8 Å². The van der Waals surface area contributed by atoms with Crippen LogP contribution in [0.5, 0.6) is 5.75 Å². The van der Waals surface area contributed by atoms with Crippen molar-refractivity contribution in [1.29, 1.82) is 0 Å². The molecule has 0 radical (unpaired) electrons. The summed E-state index contributed by atoms with van der Waals surface area (Å²) in [5.74, 6) is -0.258. The van der Waals surface area contributed by atoms with E-state index in [0.717, 1.165) is 22.2 Å². The lowest BCUT2D eigenvalue weighted by atomic mass is 10.1. The Hall–Kier alpha value is -3.73. The molecular formula is C20H19N5O5S. The zero-order valence-corrected chi connectivity index (χ0v) is 17.5. The Balaban J connectivity index is 1.71. The Labute approximate surface area is 181 Å². The fourth-order valence-electron chi connectivity index (χ4n) is 2.90. The highest BCUT2D eigenvalue weighted by molar-refractivity contribution is 8.14. The second-order valence-corrected chi connectivity index (χ2v) is 7.73. The van der Waals surface area contributed by atoms with E-state index in [4.69, 9.17) is 10.5 Å². The smallest absolute Gasteiger partial charge is 0.271 e. The van der Waals surface area contributed by atoms with E-state index in [1.54, 1.807) is 26.2 Å². The number of nitrogens with two attached hydrogens (primary N) is 1. The van der Waals surface area contributed by atoms with Crippen molar-refractivity contribution < 1.29 is 19.2 Å². The number of benzene rings is 2. The number of carbonyl (C=O) groups excluding carboxylic acids is 2. The number of rotatable bonds is 6. The lowest BCUT2D eigenvalue weighted by Gasteiger charge is -2.14. The number of ether oxygens (including phenoxy) is 1. The molecule has 10 nitrogen and oxygen atoms in total. The molecule has 1 aliphatic heterocycles. The van der Waals surface area contributed by atoms with Crippen molar-refractivity contribution in [2.24, 2.45) is 15.9 Å². The van der Waals surface area contributed by atoms with Crippen molar-refractivity contribution in [3.63, 3.8) is 0 Å². The summed E-state index contributed by atoms with van der Waals surface area (Å²) in [5, 5.41) is 18.2. The van der Waals surface area contributed by atoms with Gasteiger partial charge in [0.25, 0.3) is 5.69 Å². The number of anilines is 1. The largest absolute Gasteiger partial charge is 0.497 e. The molecule has 3 rings (SSSR count). The Morgan fingerprint density at radius 2 is 1.94 bits per heavy atom. The van der Waals surface area contributed by atoms with Gasteiger partial charge in [0.15, 0.2) is 5.17 Å². The molecule has 1 unspecified atom stereocenters. The van der Waals surface area contributed by atoms with Gasteiger partial charge in [-0.25, -0.2) is 4.90 Å². The maximum Gasteiger partial charge on any atom is 0.271 e. The first-order valence-electron chi connectivity index (χ1n) is 9.10. The summed E-state index contributed by atoms with van der Waals surface area (Å²) in [6.45, 7) is 1.76. The van der Waals surface area contributed by atoms with Gasteiger partial charge in [-0.2, -0.15) is 5.10 Å². The second-order valence-electron chi connectivity index (χ2n) is 6.51. The van der Waals surface area contributed by atoms with Crippen LogP contribution < -0.4 is 15.4 Å². The maximum atomic E-state index is 12.7. The minimum Gasteiger partial charge on any atom is -0.497 e. The third kappa shape index (κ3) is 5.07. The minimum atomic E-state index is -0.785. The summed E-state index contributed by atoms with van der Waals surface area (Å²) in [6, 6.07) is 12.6. The van der Waals surface area contributed by atoms with E-state index in [1.165, 1.54) is 24.3 Å². The van der Waals surface area contributed by atoms with Crippen LogP contribution in [0.1, 0.15) is 18.9 Å². The summed E-state index contributed by atoms with van der Waals surface area (Å²) < 4.78 is 5.11. The number of nitro benzene ring substituents is 1. The third-order valence-corrected chi connectivity index (χ3v) is 5.45. The summed E-state index contributed by atoms with van der Waals surface area (Å²) in [6.07, 6.45) is -0.0937. The van der Waals surface area contributed by atoms with Gasteiger partial charge in [-0.05, 0) is 42.8 Å². The van der Waals surface area contributed by atoms with Crippen molar-refractivity contribution in [3.05, 3.63) is 64.2 Å². The standard InChI is InChI=1S/C20H19N5O5S/c1-12(13-6-8-16(30-2)9-7-13)22-23-20(21)31-17-11-18(26)24(19(17)27)14-4-3-5-15(10-14)25(28)29/h3-10,17H,11H2,1-2H3,(H2,21,23)/b22-12+. The van der Waals surface area contributed by atoms with Crippen LogP contribution in [0.2, 0.25) is 0 Å². The highest BCUT2D eigenvalue weighted by Gasteiger charge is 2.41. The molecule has 0 saturated carbocycles. The van der Waals surface area contributed by atoms with Gasteiger partial charge in [-0.3, -0.25) is 19.7 Å². The fourth-order valence-corrected chi connectivity index (χ4v) is 3.71. The molecule has 0 spiro atoms. The molecule has 1 heterocycles. The van der Waals surface area contributed by atoms with Crippen molar-refractivity contribution in [2.45, 2.75) is 18.6 Å². The summed E-state index contributed by atoms with van der Waals surface area (Å²) >= 11 is 0.926. The molecule has 11 heteroatoms. The minimum absolute atomic E-state index is 0.0277. The SMILES string of the molecule is COc1ccc(/C(C)=N/N=C(\N)SC2CC(=O)N(c3cccc([N+](=O)[O-])c3)C2=O)cc1. The molecule has 0 bridgehead atoms. The number of amides is 2. The number of nitro groups is 1. The molecule has 0 aliphatic carbocycles. The Bertz CT molecular complexity index is 1080. The number of nitrogens with zero attached hydrogens (tertiary/aromatic N) is 4. The van der Waals surface area contributed by atoms with Gasteiger partial charge in [0.2, 0.25) is 11.8 Å². The quantitative estimate of drug-likeness (QED) is 0.239. The number of imide groups is 1. The Morgan fingerprint density at radius 3 is 2.58 bits per heavy atom. The fraction of sp³-hybridized carbons (Fsp3) is 0.200. The number of hydrogen-bond donors (Lipinski definition) is 1. The molecule has 160 valence electrons. The van der Waals surface area contributed by atoms with Crippen molar-refractivity contribution >= 4 is 45.8 Å². The summed E-state index contributed by atoms with van der Waals surface area (Å²) in [5.41, 5.74) is 7.27. The highest BCUT2D eigenvalue weighted by atomic mass is 32.2. The molecular weight excluding hydrogens is 422 g/mol. The number of carbonyl (C=O) groups is 2. The Kier molecular flexibility index (Phi) is 6.65. The zero-order chi connectivity index (χ0) is 22.5. The molecule has 1 fully saturated rings. The number of methoxy groups -OCH3 is 1. The van der Waals surface area contributed by atoms with Gasteiger partial charge in [0, 0.05) is 18.6 Å². The predicted octanol–water partition coefficient (Wildman–Crippen LogP) is 2.71. The van der Waals surface area contributed by atoms with Crippen LogP contribution in [-0.2, 0) is 9.59 Å². The van der Waals surface area contributed by atoms with Gasteiger partial charge in [-0.15, -0.1) is 5.10 Å². The van der Waals surface area contributed by atoms with Crippen LogP contribution in [0, 0.1) is 10.1 Å². The van der Waals surface area contributed by atoms with E-state index in [9.17, 15) is 19.7 Å². The van der Waals surface area contributed by atoms with E-state index < -0.39 is 22.0 Å². The lowest BCUT2D eigenvalue weighted by molar-refractivity contribution is -0.384. The molecule has 0 aromatic heterocycles. The first-order chi connectivity index (χ1) is 14.8. The van der Waals surface area contributed by atoms with Gasteiger partial charge in [0.1, 0.15) is 11.0 Å². The lowest BCUT2D eigenvalue weighted by Crippen LogP contribution is -2.31. The average molecular weight is 441 g/mol. The van der Waals surface area contributed by atoms with E-state index in [1.807, 2.05) is 12.1 Å². The van der Waals surface area contributed by atoms with Crippen LogP contribution in [0.25, 0.3) is 0 Å². The molecule has 1 saturated heterocycles. The maximum absolute atomic E-state index is 12.7. The molecule has 1 aliphatic rings. The van der Waals surface area contributed by atoms with E-state index in [0.29, 0.717) is 11.5 Å². The monoisotopic (exact) mass is 441 g/mol. The number of thioether (sulfide) groups is 1. The highest BCUT2D eigenvalue weighted by Crippen LogP contribution is 2.31. The van der Waals surface area contributed by atoms with Crippen molar-refractivity contribution in [1.82, 2.24) is 0 Å². The topological polar surface area (TPSA) is 140 Å². The second kappa shape index (κ2) is 9.39. The van der Waals surface area contributed by atoms with Crippen LogP contribution in [0.15, 0.2) is 58.7 Å². The molecule has 2 aromatic carbocycles. The van der Waals surface area contributed by atoms with Crippen LogP contribution in [0.3, 0.4) is 0 Å². The van der Waals surface area contributed by atoms with E-state index in [2.05, 4.69) is 10.2 Å². The normalized spacial score (nSPS) is 17.2. The molecule has 31 heavy (non-hydrogen) atoms. The van der Waals surface area contributed by atoms with Gasteiger partial charge >= 0.3 is 0 Å².